The zero-order valence-electron chi connectivity index (χ0n) is 16.6. The number of anilines is 1. The van der Waals surface area contributed by atoms with Crippen LogP contribution in [0.2, 0.25) is 0 Å². The Bertz CT molecular complexity index is 1050. The molecule has 2 bridgehead atoms. The van der Waals surface area contributed by atoms with Crippen LogP contribution in [0.1, 0.15) is 39.0 Å². The number of benzene rings is 1. The van der Waals surface area contributed by atoms with E-state index in [1.165, 1.54) is 0 Å². The zero-order valence-corrected chi connectivity index (χ0v) is 16.6. The highest BCUT2D eigenvalue weighted by molar-refractivity contribution is 5.93. The molecule has 7 heteroatoms. The van der Waals surface area contributed by atoms with Gasteiger partial charge in [0.25, 0.3) is 0 Å². The van der Waals surface area contributed by atoms with Crippen molar-refractivity contribution in [1.29, 1.82) is 0 Å². The Hall–Kier alpha value is -2.67. The minimum atomic E-state index is 0.0371. The van der Waals surface area contributed by atoms with Gasteiger partial charge in [-0.25, -0.2) is 9.97 Å². The quantitative estimate of drug-likeness (QED) is 0.715. The van der Waals surface area contributed by atoms with Crippen LogP contribution in [0.25, 0.3) is 22.3 Å². The van der Waals surface area contributed by atoms with Crippen LogP contribution in [0, 0.1) is 0 Å². The lowest BCUT2D eigenvalue weighted by Gasteiger charge is -2.32. The van der Waals surface area contributed by atoms with Crippen molar-refractivity contribution in [3.8, 4) is 17.1 Å². The van der Waals surface area contributed by atoms with Gasteiger partial charge in [-0.2, -0.15) is 5.10 Å². The third-order valence-electron chi connectivity index (χ3n) is 6.58. The Morgan fingerprint density at radius 2 is 2.00 bits per heavy atom. The average molecular weight is 391 g/mol. The van der Waals surface area contributed by atoms with Crippen molar-refractivity contribution in [2.24, 2.45) is 0 Å². The van der Waals surface area contributed by atoms with E-state index in [-0.39, 0.29) is 5.60 Å². The molecule has 1 N–H and O–H groups in total. The molecule has 2 aliphatic heterocycles. The third-order valence-corrected chi connectivity index (χ3v) is 6.58. The van der Waals surface area contributed by atoms with E-state index in [0.717, 1.165) is 79.1 Å². The Morgan fingerprint density at radius 1 is 1.17 bits per heavy atom. The number of nitrogens with one attached hydrogen (secondary N) is 1. The number of hydrogen-bond donors (Lipinski definition) is 1. The average Bonchev–Trinajstić information content (AvgIpc) is 3.27. The number of morpholine rings is 1. The number of hydrogen-bond acceptors (Lipinski definition) is 6. The number of rotatable bonds is 5. The van der Waals surface area contributed by atoms with Crippen LogP contribution in [0.3, 0.4) is 0 Å². The standard InChI is InChI=1S/C22H25N5O2/c1-2-22(7-8-22)29-14-5-6-18-17(9-14)21(26-25-18)19-10-20(24-13-23-19)27-11-15-3-4-16(12-27)28-15/h5-6,9-10,13,15-16H,2-4,7-8,11-12H2,1H3,(H,25,26). The summed E-state index contributed by atoms with van der Waals surface area (Å²) in [6.07, 6.45) is 7.89. The summed E-state index contributed by atoms with van der Waals surface area (Å²) in [5, 5.41) is 8.71. The fraction of sp³-hybridized carbons (Fsp3) is 0.500. The molecule has 0 spiro atoms. The van der Waals surface area contributed by atoms with Crippen LogP contribution in [-0.4, -0.2) is 51.1 Å². The van der Waals surface area contributed by atoms with Gasteiger partial charge >= 0.3 is 0 Å². The summed E-state index contributed by atoms with van der Waals surface area (Å²) in [5.41, 5.74) is 2.69. The Morgan fingerprint density at radius 3 is 2.76 bits per heavy atom. The summed E-state index contributed by atoms with van der Waals surface area (Å²) < 4.78 is 12.2. The van der Waals surface area contributed by atoms with Crippen molar-refractivity contribution in [2.75, 3.05) is 18.0 Å². The van der Waals surface area contributed by atoms with E-state index in [1.54, 1.807) is 6.33 Å². The molecular formula is C22H25N5O2. The number of aromatic amines is 1. The van der Waals surface area contributed by atoms with Crippen molar-refractivity contribution in [2.45, 2.75) is 56.8 Å². The van der Waals surface area contributed by atoms with Crippen LogP contribution in [-0.2, 0) is 4.74 Å². The van der Waals surface area contributed by atoms with Crippen molar-refractivity contribution >= 4 is 16.7 Å². The normalized spacial score (nSPS) is 24.8. The molecule has 0 radical (unpaired) electrons. The van der Waals surface area contributed by atoms with Gasteiger partial charge in [0.2, 0.25) is 0 Å². The van der Waals surface area contributed by atoms with Gasteiger partial charge in [-0.15, -0.1) is 0 Å². The molecule has 6 rings (SSSR count). The molecule has 1 aromatic carbocycles. The van der Waals surface area contributed by atoms with Crippen molar-refractivity contribution in [1.82, 2.24) is 20.2 Å². The molecule has 1 saturated carbocycles. The van der Waals surface area contributed by atoms with Gasteiger partial charge in [0.15, 0.2) is 0 Å². The summed E-state index contributed by atoms with van der Waals surface area (Å²) in [6, 6.07) is 8.19. The zero-order chi connectivity index (χ0) is 19.4. The lowest BCUT2D eigenvalue weighted by Crippen LogP contribution is -2.43. The maximum atomic E-state index is 6.28. The summed E-state index contributed by atoms with van der Waals surface area (Å²) in [7, 11) is 0. The van der Waals surface area contributed by atoms with Gasteiger partial charge in [0, 0.05) is 24.5 Å². The predicted octanol–water partition coefficient (Wildman–Crippen LogP) is 3.71. The molecule has 0 amide bonds. The number of H-pyrrole nitrogens is 1. The molecule has 2 unspecified atom stereocenters. The molecule has 2 aromatic heterocycles. The predicted molar refractivity (Wildman–Crippen MR) is 110 cm³/mol. The SMILES string of the molecule is CCC1(Oc2ccc3[nH]nc(-c4cc(N5CC6CCC(C5)O6)ncn4)c3c2)CC1. The van der Waals surface area contributed by atoms with Gasteiger partial charge in [-0.3, -0.25) is 5.10 Å². The van der Waals surface area contributed by atoms with Crippen molar-refractivity contribution in [3.05, 3.63) is 30.6 Å². The molecule has 3 aliphatic rings. The fourth-order valence-electron chi connectivity index (χ4n) is 4.62. The highest BCUT2D eigenvalue weighted by Gasteiger charge is 2.43. The third kappa shape index (κ3) is 3.04. The second-order valence-corrected chi connectivity index (χ2v) is 8.54. The van der Waals surface area contributed by atoms with E-state index in [4.69, 9.17) is 9.47 Å². The minimum Gasteiger partial charge on any atom is -0.487 e. The topological polar surface area (TPSA) is 76.2 Å². The second kappa shape index (κ2) is 6.42. The van der Waals surface area contributed by atoms with Crippen LogP contribution < -0.4 is 9.64 Å². The van der Waals surface area contributed by atoms with E-state index in [2.05, 4.69) is 38.1 Å². The highest BCUT2D eigenvalue weighted by atomic mass is 16.5. The van der Waals surface area contributed by atoms with Crippen molar-refractivity contribution < 1.29 is 9.47 Å². The number of aromatic nitrogens is 4. The Kier molecular flexibility index (Phi) is 3.81. The maximum absolute atomic E-state index is 6.28. The summed E-state index contributed by atoms with van der Waals surface area (Å²) in [6.45, 7) is 3.98. The molecule has 1 aliphatic carbocycles. The molecule has 3 aromatic rings. The molecule has 150 valence electrons. The van der Waals surface area contributed by atoms with Gasteiger partial charge in [-0.05, 0) is 50.3 Å². The van der Waals surface area contributed by atoms with E-state index >= 15 is 0 Å². The Balaban J connectivity index is 1.33. The highest BCUT2D eigenvalue weighted by Crippen LogP contribution is 2.43. The number of fused-ring (bicyclic) bond motifs is 3. The van der Waals surface area contributed by atoms with E-state index < -0.39 is 0 Å². The fourth-order valence-corrected chi connectivity index (χ4v) is 4.62. The first kappa shape index (κ1) is 17.2. The molecule has 29 heavy (non-hydrogen) atoms. The Labute approximate surface area is 169 Å². The summed E-state index contributed by atoms with van der Waals surface area (Å²) in [5.74, 6) is 1.85. The smallest absolute Gasteiger partial charge is 0.132 e. The van der Waals surface area contributed by atoms with Gasteiger partial charge in [0.05, 0.1) is 23.4 Å². The van der Waals surface area contributed by atoms with Crippen LogP contribution in [0.4, 0.5) is 5.82 Å². The molecule has 4 heterocycles. The van der Waals surface area contributed by atoms with Crippen LogP contribution in [0.5, 0.6) is 5.75 Å². The number of ether oxygens (including phenoxy) is 2. The number of nitrogens with zero attached hydrogens (tertiary/aromatic N) is 4. The van der Waals surface area contributed by atoms with E-state index in [1.807, 2.05) is 18.2 Å². The lowest BCUT2D eigenvalue weighted by atomic mass is 10.1. The molecule has 2 saturated heterocycles. The van der Waals surface area contributed by atoms with E-state index in [0.29, 0.717) is 12.2 Å². The maximum Gasteiger partial charge on any atom is 0.132 e. The van der Waals surface area contributed by atoms with Crippen LogP contribution in [0.15, 0.2) is 30.6 Å². The summed E-state index contributed by atoms with van der Waals surface area (Å²) in [4.78, 5) is 11.4. The molecule has 2 atom stereocenters. The minimum absolute atomic E-state index is 0.0371. The first-order valence-electron chi connectivity index (χ1n) is 10.6. The van der Waals surface area contributed by atoms with E-state index in [9.17, 15) is 0 Å². The van der Waals surface area contributed by atoms with Gasteiger partial charge in [0.1, 0.15) is 29.2 Å². The lowest BCUT2D eigenvalue weighted by molar-refractivity contribution is 0.0302. The first-order valence-corrected chi connectivity index (χ1v) is 10.6. The monoisotopic (exact) mass is 391 g/mol. The molecule has 3 fully saturated rings. The van der Waals surface area contributed by atoms with Gasteiger partial charge in [-0.1, -0.05) is 6.92 Å². The largest absolute Gasteiger partial charge is 0.487 e. The van der Waals surface area contributed by atoms with Crippen LogP contribution >= 0.6 is 0 Å². The van der Waals surface area contributed by atoms with Crippen molar-refractivity contribution in [3.63, 3.8) is 0 Å². The second-order valence-electron chi connectivity index (χ2n) is 8.54. The molecule has 7 nitrogen and oxygen atoms in total. The summed E-state index contributed by atoms with van der Waals surface area (Å²) >= 11 is 0. The first-order chi connectivity index (χ1) is 14.2. The molecular weight excluding hydrogens is 366 g/mol. The van der Waals surface area contributed by atoms with Gasteiger partial charge < -0.3 is 14.4 Å².